The third kappa shape index (κ3) is 7.75. The predicted octanol–water partition coefficient (Wildman–Crippen LogP) is 3.38. The molecule has 1 aliphatic heterocycles. The van der Waals surface area contributed by atoms with Gasteiger partial charge in [-0.25, -0.2) is 0 Å². The number of hydrogen-bond acceptors (Lipinski definition) is 5. The Hall–Kier alpha value is -2.17. The molecule has 9 heteroatoms. The fourth-order valence-corrected chi connectivity index (χ4v) is 3.80. The molecule has 1 aliphatic rings. The maximum Gasteiger partial charge on any atom is 0.191 e. The van der Waals surface area contributed by atoms with E-state index in [-0.39, 0.29) is 24.0 Å². The van der Waals surface area contributed by atoms with Gasteiger partial charge in [-0.3, -0.25) is 9.67 Å². The lowest BCUT2D eigenvalue weighted by atomic mass is 10.0. The summed E-state index contributed by atoms with van der Waals surface area (Å²) in [5.41, 5.74) is 1.14. The van der Waals surface area contributed by atoms with Crippen LogP contribution < -0.4 is 25.0 Å². The van der Waals surface area contributed by atoms with Crippen molar-refractivity contribution < 1.29 is 9.47 Å². The molecule has 1 aromatic heterocycles. The number of nitrogens with zero attached hydrogens (tertiary/aromatic N) is 4. The van der Waals surface area contributed by atoms with Crippen LogP contribution in [0.5, 0.6) is 11.5 Å². The van der Waals surface area contributed by atoms with E-state index >= 15 is 0 Å². The maximum atomic E-state index is 5.42. The van der Waals surface area contributed by atoms with Gasteiger partial charge in [0.15, 0.2) is 5.96 Å². The highest BCUT2D eigenvalue weighted by molar-refractivity contribution is 14.0. The van der Waals surface area contributed by atoms with Crippen molar-refractivity contribution in [2.45, 2.75) is 39.3 Å². The standard InChI is InChI=1S/C23H36N6O2.HI/c1-5-24-23(25-16-18(2)17-29-10-6-9-26-29)27-19-7-11-28(12-8-19)20-13-21(30-3)15-22(14-20)31-4;/h6,9-10,13-15,18-19H,5,7-8,11-12,16-17H2,1-4H3,(H2,24,25,27);1H. The average Bonchev–Trinajstić information content (AvgIpc) is 3.30. The molecule has 32 heavy (non-hydrogen) atoms. The van der Waals surface area contributed by atoms with Gasteiger partial charge in [0.1, 0.15) is 11.5 Å². The maximum absolute atomic E-state index is 5.42. The van der Waals surface area contributed by atoms with Crippen molar-refractivity contribution in [2.24, 2.45) is 10.9 Å². The molecule has 1 atom stereocenters. The van der Waals surface area contributed by atoms with Crippen LogP contribution in [0.15, 0.2) is 41.7 Å². The van der Waals surface area contributed by atoms with E-state index < -0.39 is 0 Å². The van der Waals surface area contributed by atoms with E-state index in [1.807, 2.05) is 29.2 Å². The van der Waals surface area contributed by atoms with Crippen molar-refractivity contribution in [3.63, 3.8) is 0 Å². The fraction of sp³-hybridized carbons (Fsp3) is 0.565. The molecule has 3 rings (SSSR count). The van der Waals surface area contributed by atoms with Crippen molar-refractivity contribution in [2.75, 3.05) is 45.3 Å². The van der Waals surface area contributed by atoms with Crippen LogP contribution in [0.1, 0.15) is 26.7 Å². The number of ether oxygens (including phenoxy) is 2. The lowest BCUT2D eigenvalue weighted by Crippen LogP contribution is -2.49. The van der Waals surface area contributed by atoms with Crippen molar-refractivity contribution >= 4 is 35.6 Å². The van der Waals surface area contributed by atoms with Crippen molar-refractivity contribution in [1.29, 1.82) is 0 Å². The number of guanidine groups is 1. The summed E-state index contributed by atoms with van der Waals surface area (Å²) in [7, 11) is 3.37. The summed E-state index contributed by atoms with van der Waals surface area (Å²) < 4.78 is 12.8. The molecule has 2 N–H and O–H groups in total. The summed E-state index contributed by atoms with van der Waals surface area (Å²) in [4.78, 5) is 7.21. The van der Waals surface area contributed by atoms with Gasteiger partial charge in [0.25, 0.3) is 0 Å². The van der Waals surface area contributed by atoms with E-state index in [9.17, 15) is 0 Å². The minimum absolute atomic E-state index is 0. The van der Waals surface area contributed by atoms with E-state index in [4.69, 9.17) is 14.5 Å². The predicted molar refractivity (Wildman–Crippen MR) is 141 cm³/mol. The Bertz CT molecular complexity index is 800. The van der Waals surface area contributed by atoms with Gasteiger partial charge in [-0.15, -0.1) is 24.0 Å². The Kier molecular flexibility index (Phi) is 10.9. The summed E-state index contributed by atoms with van der Waals surface area (Å²) in [6, 6.07) is 8.41. The second-order valence-electron chi connectivity index (χ2n) is 8.03. The number of aliphatic imine (C=N–C) groups is 1. The molecule has 0 spiro atoms. The van der Waals surface area contributed by atoms with E-state index in [1.165, 1.54) is 0 Å². The van der Waals surface area contributed by atoms with E-state index in [1.54, 1.807) is 14.2 Å². The molecule has 1 aromatic carbocycles. The molecule has 0 radical (unpaired) electrons. The normalized spacial score (nSPS) is 15.6. The molecular weight excluding hydrogens is 519 g/mol. The summed E-state index contributed by atoms with van der Waals surface area (Å²) in [5, 5.41) is 11.3. The summed E-state index contributed by atoms with van der Waals surface area (Å²) in [5.74, 6) is 2.96. The third-order valence-electron chi connectivity index (χ3n) is 5.50. The highest BCUT2D eigenvalue weighted by Crippen LogP contribution is 2.30. The lowest BCUT2D eigenvalue weighted by Gasteiger charge is -2.35. The molecule has 0 amide bonds. The topological polar surface area (TPSA) is 75.9 Å². The molecule has 1 unspecified atom stereocenters. The number of piperidine rings is 1. The largest absolute Gasteiger partial charge is 0.497 e. The summed E-state index contributed by atoms with van der Waals surface area (Å²) in [6.07, 6.45) is 5.91. The van der Waals surface area contributed by atoms with Crippen molar-refractivity contribution in [3.8, 4) is 11.5 Å². The minimum Gasteiger partial charge on any atom is -0.497 e. The third-order valence-corrected chi connectivity index (χ3v) is 5.50. The molecular formula is C23H37IN6O2. The molecule has 2 aromatic rings. The van der Waals surface area contributed by atoms with Gasteiger partial charge in [0.05, 0.1) is 14.2 Å². The first kappa shape index (κ1) is 26.1. The van der Waals surface area contributed by atoms with Crippen LogP contribution in [0.4, 0.5) is 5.69 Å². The second-order valence-corrected chi connectivity index (χ2v) is 8.03. The fourth-order valence-electron chi connectivity index (χ4n) is 3.80. The van der Waals surface area contributed by atoms with Gasteiger partial charge < -0.3 is 25.0 Å². The molecule has 0 saturated carbocycles. The molecule has 0 aliphatic carbocycles. The molecule has 2 heterocycles. The lowest BCUT2D eigenvalue weighted by molar-refractivity contribution is 0.393. The van der Waals surface area contributed by atoms with E-state index in [0.29, 0.717) is 12.0 Å². The molecule has 0 bridgehead atoms. The van der Waals surface area contributed by atoms with Crippen molar-refractivity contribution in [1.82, 2.24) is 20.4 Å². The molecule has 1 fully saturated rings. The number of rotatable bonds is 9. The number of aromatic nitrogens is 2. The van der Waals surface area contributed by atoms with Gasteiger partial charge in [0.2, 0.25) is 0 Å². The highest BCUT2D eigenvalue weighted by atomic mass is 127. The Morgan fingerprint density at radius 1 is 1.19 bits per heavy atom. The number of methoxy groups -OCH3 is 2. The molecule has 1 saturated heterocycles. The number of hydrogen-bond donors (Lipinski definition) is 2. The smallest absolute Gasteiger partial charge is 0.191 e. The van der Waals surface area contributed by atoms with Crippen LogP contribution in [0, 0.1) is 5.92 Å². The Morgan fingerprint density at radius 2 is 1.88 bits per heavy atom. The van der Waals surface area contributed by atoms with Gasteiger partial charge in [-0.1, -0.05) is 6.92 Å². The Balaban J connectivity index is 0.00000363. The number of anilines is 1. The monoisotopic (exact) mass is 556 g/mol. The Morgan fingerprint density at radius 3 is 2.44 bits per heavy atom. The Labute approximate surface area is 208 Å². The van der Waals surface area contributed by atoms with E-state index in [2.05, 4.69) is 46.6 Å². The number of nitrogens with one attached hydrogen (secondary N) is 2. The zero-order valence-electron chi connectivity index (χ0n) is 19.6. The van der Waals surface area contributed by atoms with Gasteiger partial charge in [0, 0.05) is 75.0 Å². The van der Waals surface area contributed by atoms with Crippen molar-refractivity contribution in [3.05, 3.63) is 36.7 Å². The summed E-state index contributed by atoms with van der Waals surface area (Å²) >= 11 is 0. The van der Waals surface area contributed by atoms with Crippen LogP contribution in [0.2, 0.25) is 0 Å². The van der Waals surface area contributed by atoms with Gasteiger partial charge in [-0.2, -0.15) is 5.10 Å². The number of benzene rings is 1. The molecule has 8 nitrogen and oxygen atoms in total. The zero-order chi connectivity index (χ0) is 22.1. The summed E-state index contributed by atoms with van der Waals surface area (Å²) in [6.45, 7) is 8.74. The van der Waals surface area contributed by atoms with Crippen LogP contribution in [-0.2, 0) is 6.54 Å². The van der Waals surface area contributed by atoms with Crippen LogP contribution >= 0.6 is 24.0 Å². The first-order valence-corrected chi connectivity index (χ1v) is 11.1. The second kappa shape index (κ2) is 13.4. The number of halogens is 1. The van der Waals surface area contributed by atoms with E-state index in [0.717, 1.165) is 68.7 Å². The minimum atomic E-state index is 0. The van der Waals surface area contributed by atoms with Crippen LogP contribution in [-0.4, -0.2) is 62.2 Å². The first-order chi connectivity index (χ1) is 15.1. The average molecular weight is 556 g/mol. The first-order valence-electron chi connectivity index (χ1n) is 11.1. The molecule has 178 valence electrons. The zero-order valence-corrected chi connectivity index (χ0v) is 21.9. The SMILES string of the molecule is CCNC(=NCC(C)Cn1cccn1)NC1CCN(c2cc(OC)cc(OC)c2)CC1.I. The van der Waals surface area contributed by atoms with Gasteiger partial charge >= 0.3 is 0 Å². The van der Waals surface area contributed by atoms with Crippen LogP contribution in [0.3, 0.4) is 0 Å². The van der Waals surface area contributed by atoms with Crippen LogP contribution in [0.25, 0.3) is 0 Å². The quantitative estimate of drug-likeness (QED) is 0.280. The highest BCUT2D eigenvalue weighted by Gasteiger charge is 2.21. The van der Waals surface area contributed by atoms with Gasteiger partial charge in [-0.05, 0) is 31.7 Å².